The molecule has 0 radical (unpaired) electrons. The molecule has 0 fully saturated rings. The predicted molar refractivity (Wildman–Crippen MR) is 272 cm³/mol. The van der Waals surface area contributed by atoms with Crippen molar-refractivity contribution >= 4 is 71.5 Å². The molecule has 2 heteroatoms. The van der Waals surface area contributed by atoms with Crippen LogP contribution in [0.5, 0.6) is 0 Å². The van der Waals surface area contributed by atoms with Gasteiger partial charge in [0, 0.05) is 33.2 Å². The first kappa shape index (κ1) is 36.7. The van der Waals surface area contributed by atoms with E-state index >= 15 is 0 Å². The van der Waals surface area contributed by atoms with Gasteiger partial charge < -0.3 is 9.13 Å². The molecule has 64 heavy (non-hydrogen) atoms. The van der Waals surface area contributed by atoms with E-state index in [9.17, 15) is 0 Å². The number of aryl methyl sites for hydroxylation is 1. The summed E-state index contributed by atoms with van der Waals surface area (Å²) in [6, 6.07) is 72.1. The number of allylic oxidation sites excluding steroid dienone is 5. The lowest BCUT2D eigenvalue weighted by Gasteiger charge is -2.23. The molecule has 2 aliphatic rings. The summed E-state index contributed by atoms with van der Waals surface area (Å²) in [5.74, 6) is 0. The summed E-state index contributed by atoms with van der Waals surface area (Å²) in [5, 5.41) is 8.97. The highest BCUT2D eigenvalue weighted by molar-refractivity contribution is 6.20. The molecular weight excluding hydrogens is 773 g/mol. The van der Waals surface area contributed by atoms with Crippen LogP contribution in [0, 0.1) is 0 Å². The van der Waals surface area contributed by atoms with E-state index in [1.807, 2.05) is 0 Å². The van der Waals surface area contributed by atoms with Gasteiger partial charge in [0.25, 0.3) is 0 Å². The van der Waals surface area contributed by atoms with Gasteiger partial charge in [0.05, 0.1) is 16.6 Å². The largest absolute Gasteiger partial charge is 0.310 e. The van der Waals surface area contributed by atoms with E-state index in [4.69, 9.17) is 0 Å². The number of para-hydroxylation sites is 3. The first-order valence-corrected chi connectivity index (χ1v) is 22.7. The second kappa shape index (κ2) is 14.9. The van der Waals surface area contributed by atoms with E-state index in [0.29, 0.717) is 0 Å². The third-order valence-corrected chi connectivity index (χ3v) is 13.9. The Morgan fingerprint density at radius 2 is 0.828 bits per heavy atom. The number of fused-ring (bicyclic) bond motifs is 8. The minimum atomic E-state index is 0.958. The second-order valence-corrected chi connectivity index (χ2v) is 17.4. The molecule has 0 N–H and O–H groups in total. The number of nitrogens with zero attached hydrogens (tertiary/aromatic N) is 2. The third kappa shape index (κ3) is 5.80. The standard InChI is InChI=1S/C62H44N2/c1-3-15-41(16-4-1)43-27-31-45(32-28-43)61-53-37-35-48(64-59-25-13-9-21-51(59)52-22-10-14-26-60(52)64)40-56(53)62(46-33-29-44(30-34-46)42-17-5-2-6-18-42)54-38-36-47(39-55(54)61)63-57-23-11-7-19-49(57)50-20-8-12-24-58(50)63/h1-9,11-21,23-29,31-33,35-40H,10,22,30,34H2. The van der Waals surface area contributed by atoms with E-state index in [1.165, 1.54) is 116 Å². The summed E-state index contributed by atoms with van der Waals surface area (Å²) < 4.78 is 4.97. The normalized spacial score (nSPS) is 13.8. The van der Waals surface area contributed by atoms with Crippen LogP contribution in [-0.2, 0) is 6.42 Å². The number of benzene rings is 9. The minimum absolute atomic E-state index is 0.958. The van der Waals surface area contributed by atoms with Gasteiger partial charge in [0.1, 0.15) is 0 Å². The van der Waals surface area contributed by atoms with Gasteiger partial charge in [-0.2, -0.15) is 0 Å². The van der Waals surface area contributed by atoms with E-state index in [-0.39, 0.29) is 0 Å². The second-order valence-electron chi connectivity index (χ2n) is 17.4. The fourth-order valence-corrected chi connectivity index (χ4v) is 11.0. The summed E-state index contributed by atoms with van der Waals surface area (Å²) >= 11 is 0. The van der Waals surface area contributed by atoms with Gasteiger partial charge in [-0.1, -0.05) is 170 Å². The molecule has 0 saturated heterocycles. The summed E-state index contributed by atoms with van der Waals surface area (Å²) in [6.45, 7) is 0. The smallest absolute Gasteiger partial charge is 0.0541 e. The number of hydrogen-bond donors (Lipinski definition) is 0. The van der Waals surface area contributed by atoms with Crippen LogP contribution in [0.4, 0.5) is 0 Å². The van der Waals surface area contributed by atoms with Gasteiger partial charge in [-0.25, -0.2) is 0 Å². The molecule has 0 atom stereocenters. The van der Waals surface area contributed by atoms with Gasteiger partial charge in [0.15, 0.2) is 0 Å². The molecule has 2 heterocycles. The number of hydrogen-bond acceptors (Lipinski definition) is 0. The van der Waals surface area contributed by atoms with Crippen LogP contribution in [0.25, 0.3) is 105 Å². The Morgan fingerprint density at radius 1 is 0.328 bits per heavy atom. The summed E-state index contributed by atoms with van der Waals surface area (Å²) in [5.41, 5.74) is 19.1. The predicted octanol–water partition coefficient (Wildman–Crippen LogP) is 16.6. The molecule has 0 bridgehead atoms. The van der Waals surface area contributed by atoms with E-state index in [2.05, 4.69) is 228 Å². The Labute approximate surface area is 373 Å². The van der Waals surface area contributed by atoms with Gasteiger partial charge >= 0.3 is 0 Å². The Balaban J connectivity index is 1.13. The third-order valence-electron chi connectivity index (χ3n) is 13.9. The first-order chi connectivity index (χ1) is 31.8. The van der Waals surface area contributed by atoms with Gasteiger partial charge in [-0.15, -0.1) is 0 Å². The molecule has 0 aliphatic heterocycles. The number of aromatic nitrogens is 2. The lowest BCUT2D eigenvalue weighted by atomic mass is 9.82. The SMILES string of the molecule is C1=Cc2c(c3ccccc3n2-c2ccc3c(-c4ccc(-c5ccccc5)cc4)c4cc(-n5c6ccccc6c6ccccc65)ccc4c(C4=CC=C(c5ccccc5)CC4)c3c2)CC1. The average Bonchev–Trinajstić information content (AvgIpc) is 3.89. The van der Waals surface area contributed by atoms with Crippen LogP contribution in [0.2, 0.25) is 0 Å². The summed E-state index contributed by atoms with van der Waals surface area (Å²) in [4.78, 5) is 0. The molecule has 0 amide bonds. The van der Waals surface area contributed by atoms with Crippen molar-refractivity contribution in [2.75, 3.05) is 0 Å². The molecule has 0 unspecified atom stereocenters. The van der Waals surface area contributed by atoms with Crippen molar-refractivity contribution in [2.24, 2.45) is 0 Å². The van der Waals surface area contributed by atoms with Crippen molar-refractivity contribution in [1.29, 1.82) is 0 Å². The van der Waals surface area contributed by atoms with Crippen molar-refractivity contribution in [2.45, 2.75) is 25.7 Å². The average molecular weight is 817 g/mol. The fraction of sp³-hybridized carbons (Fsp3) is 0.0645. The maximum atomic E-state index is 2.51. The van der Waals surface area contributed by atoms with Gasteiger partial charge in [-0.05, 0) is 146 Å². The molecule has 2 aromatic heterocycles. The maximum Gasteiger partial charge on any atom is 0.0541 e. The van der Waals surface area contributed by atoms with Gasteiger partial charge in [-0.3, -0.25) is 0 Å². The molecule has 0 spiro atoms. The van der Waals surface area contributed by atoms with Crippen molar-refractivity contribution in [1.82, 2.24) is 9.13 Å². The molecule has 9 aromatic carbocycles. The van der Waals surface area contributed by atoms with Crippen LogP contribution < -0.4 is 0 Å². The van der Waals surface area contributed by atoms with E-state index < -0.39 is 0 Å². The van der Waals surface area contributed by atoms with E-state index in [0.717, 1.165) is 31.4 Å². The quantitative estimate of drug-likeness (QED) is 0.148. The highest BCUT2D eigenvalue weighted by Crippen LogP contribution is 2.47. The monoisotopic (exact) mass is 816 g/mol. The lowest BCUT2D eigenvalue weighted by Crippen LogP contribution is -2.02. The zero-order chi connectivity index (χ0) is 42.1. The Bertz CT molecular complexity index is 3690. The zero-order valence-corrected chi connectivity index (χ0v) is 35.5. The van der Waals surface area contributed by atoms with Crippen LogP contribution >= 0.6 is 0 Å². The number of rotatable bonds is 6. The topological polar surface area (TPSA) is 9.86 Å². The van der Waals surface area contributed by atoms with Gasteiger partial charge in [0.2, 0.25) is 0 Å². The van der Waals surface area contributed by atoms with Crippen LogP contribution in [-0.4, -0.2) is 9.13 Å². The van der Waals surface area contributed by atoms with E-state index in [1.54, 1.807) is 0 Å². The molecule has 11 aromatic rings. The Hall–Kier alpha value is -7.94. The summed E-state index contributed by atoms with van der Waals surface area (Å²) in [7, 11) is 0. The van der Waals surface area contributed by atoms with Crippen molar-refractivity contribution in [3.05, 3.63) is 235 Å². The molecule has 302 valence electrons. The van der Waals surface area contributed by atoms with Crippen molar-refractivity contribution in [3.63, 3.8) is 0 Å². The highest BCUT2D eigenvalue weighted by atomic mass is 15.0. The zero-order valence-electron chi connectivity index (χ0n) is 35.5. The van der Waals surface area contributed by atoms with Crippen LogP contribution in [0.3, 0.4) is 0 Å². The van der Waals surface area contributed by atoms with Crippen molar-refractivity contribution < 1.29 is 0 Å². The molecular formula is C62H44N2. The minimum Gasteiger partial charge on any atom is -0.310 e. The fourth-order valence-electron chi connectivity index (χ4n) is 11.0. The molecule has 2 aliphatic carbocycles. The maximum absolute atomic E-state index is 2.51. The highest BCUT2D eigenvalue weighted by Gasteiger charge is 2.24. The van der Waals surface area contributed by atoms with Crippen molar-refractivity contribution in [3.8, 4) is 33.6 Å². The van der Waals surface area contributed by atoms with Crippen LogP contribution in [0.15, 0.2) is 212 Å². The Morgan fingerprint density at radius 3 is 1.48 bits per heavy atom. The summed E-state index contributed by atoms with van der Waals surface area (Å²) in [6.07, 6.45) is 13.6. The Kier molecular flexibility index (Phi) is 8.52. The molecule has 0 saturated carbocycles. The van der Waals surface area contributed by atoms with Crippen LogP contribution in [0.1, 0.15) is 41.6 Å². The molecule has 2 nitrogen and oxygen atoms in total. The first-order valence-electron chi connectivity index (χ1n) is 22.7. The lowest BCUT2D eigenvalue weighted by molar-refractivity contribution is 0.968. The molecule has 13 rings (SSSR count).